The molecule has 0 radical (unpaired) electrons. The number of hydrogen-bond donors (Lipinski definition) is 1. The molecule has 0 atom stereocenters. The van der Waals surface area contributed by atoms with Crippen LogP contribution in [-0.4, -0.2) is 17.0 Å². The maximum Gasteiger partial charge on any atom is 0.267 e. The number of nitrogens with one attached hydrogen (secondary N) is 1. The highest BCUT2D eigenvalue weighted by atomic mass is 79.9. The Labute approximate surface area is 85.2 Å². The molecule has 0 saturated heterocycles. The molecule has 13 heavy (non-hydrogen) atoms. The molecule has 0 aliphatic carbocycles. The lowest BCUT2D eigenvalue weighted by Crippen LogP contribution is -2.29. The van der Waals surface area contributed by atoms with Crippen LogP contribution in [0.5, 0.6) is 0 Å². The lowest BCUT2D eigenvalue weighted by molar-refractivity contribution is 0.0939. The quantitative estimate of drug-likeness (QED) is 0.740. The number of aromatic nitrogens is 1. The number of nitrogens with zero attached hydrogens (tertiary/aromatic N) is 1. The molecule has 0 bridgehead atoms. The standard InChI is InChI=1S/C9H11BrN2O/c10-7-5-8-9(13)11-3-1-2-4-12(8)6-7/h5-6H,1-4H2,(H,11,13). The molecule has 3 nitrogen and oxygen atoms in total. The van der Waals surface area contributed by atoms with Gasteiger partial charge in [-0.15, -0.1) is 0 Å². The van der Waals surface area contributed by atoms with Crippen molar-refractivity contribution in [3.63, 3.8) is 0 Å². The number of halogens is 1. The first-order valence-electron chi connectivity index (χ1n) is 4.41. The number of amides is 1. The van der Waals surface area contributed by atoms with Crippen molar-refractivity contribution < 1.29 is 4.79 Å². The van der Waals surface area contributed by atoms with E-state index < -0.39 is 0 Å². The lowest BCUT2D eigenvalue weighted by atomic mass is 10.2. The maximum absolute atomic E-state index is 11.5. The Hall–Kier alpha value is -0.770. The highest BCUT2D eigenvalue weighted by molar-refractivity contribution is 9.10. The summed E-state index contributed by atoms with van der Waals surface area (Å²) in [6.45, 7) is 1.73. The van der Waals surface area contributed by atoms with Crippen LogP contribution < -0.4 is 5.32 Å². The molecule has 0 spiro atoms. The van der Waals surface area contributed by atoms with Crippen molar-refractivity contribution in [2.24, 2.45) is 0 Å². The van der Waals surface area contributed by atoms with Gasteiger partial charge < -0.3 is 9.88 Å². The van der Waals surface area contributed by atoms with E-state index in [1.54, 1.807) is 0 Å². The zero-order valence-corrected chi connectivity index (χ0v) is 8.80. The Balaban J connectivity index is 2.36. The first kappa shape index (κ1) is 8.81. The van der Waals surface area contributed by atoms with Gasteiger partial charge in [-0.3, -0.25) is 4.79 Å². The van der Waals surface area contributed by atoms with Gasteiger partial charge in [0.2, 0.25) is 0 Å². The molecule has 1 N–H and O–H groups in total. The molecule has 1 aromatic rings. The van der Waals surface area contributed by atoms with Crippen LogP contribution in [-0.2, 0) is 6.54 Å². The Kier molecular flexibility index (Phi) is 2.40. The normalized spacial score (nSPS) is 17.2. The van der Waals surface area contributed by atoms with Gasteiger partial charge in [0.1, 0.15) is 5.69 Å². The predicted octanol–water partition coefficient (Wildman–Crippen LogP) is 1.77. The number of carbonyl (C=O) groups excluding carboxylic acids is 1. The number of aryl methyl sites for hydroxylation is 1. The van der Waals surface area contributed by atoms with E-state index in [1.807, 2.05) is 16.8 Å². The molecule has 4 heteroatoms. The summed E-state index contributed by atoms with van der Waals surface area (Å²) in [5.41, 5.74) is 0.756. The van der Waals surface area contributed by atoms with Crippen molar-refractivity contribution in [3.05, 3.63) is 22.4 Å². The minimum Gasteiger partial charge on any atom is -0.351 e. The van der Waals surface area contributed by atoms with E-state index in [1.165, 1.54) is 0 Å². The summed E-state index contributed by atoms with van der Waals surface area (Å²) in [5, 5.41) is 2.87. The van der Waals surface area contributed by atoms with E-state index in [-0.39, 0.29) is 5.91 Å². The molecule has 70 valence electrons. The van der Waals surface area contributed by atoms with Crippen molar-refractivity contribution >= 4 is 21.8 Å². The molecule has 1 aliphatic rings. The highest BCUT2D eigenvalue weighted by Crippen LogP contribution is 2.16. The fraction of sp³-hybridized carbons (Fsp3) is 0.444. The summed E-state index contributed by atoms with van der Waals surface area (Å²) in [7, 11) is 0. The smallest absolute Gasteiger partial charge is 0.267 e. The summed E-state index contributed by atoms with van der Waals surface area (Å²) >= 11 is 3.37. The zero-order valence-electron chi connectivity index (χ0n) is 7.22. The Morgan fingerprint density at radius 2 is 2.31 bits per heavy atom. The fourth-order valence-electron chi connectivity index (χ4n) is 1.55. The average Bonchev–Trinajstić information content (AvgIpc) is 2.43. The molecular formula is C9H11BrN2O. The van der Waals surface area contributed by atoms with E-state index in [2.05, 4.69) is 21.2 Å². The molecule has 0 aromatic carbocycles. The van der Waals surface area contributed by atoms with Gasteiger partial charge in [-0.2, -0.15) is 0 Å². The van der Waals surface area contributed by atoms with Gasteiger partial charge in [-0.05, 0) is 34.8 Å². The number of fused-ring (bicyclic) bond motifs is 1. The summed E-state index contributed by atoms with van der Waals surface area (Å²) in [6.07, 6.45) is 4.13. The monoisotopic (exact) mass is 242 g/mol. The van der Waals surface area contributed by atoms with Crippen LogP contribution in [0.2, 0.25) is 0 Å². The number of carbonyl (C=O) groups is 1. The average molecular weight is 243 g/mol. The SMILES string of the molecule is O=C1NCCCCn2cc(Br)cc21. The number of rotatable bonds is 0. The van der Waals surface area contributed by atoms with Crippen molar-refractivity contribution in [1.82, 2.24) is 9.88 Å². The van der Waals surface area contributed by atoms with Gasteiger partial charge in [0.25, 0.3) is 5.91 Å². The first-order valence-corrected chi connectivity index (χ1v) is 5.20. The van der Waals surface area contributed by atoms with Crippen molar-refractivity contribution in [2.75, 3.05) is 6.54 Å². The predicted molar refractivity (Wildman–Crippen MR) is 53.7 cm³/mol. The topological polar surface area (TPSA) is 34.0 Å². The van der Waals surface area contributed by atoms with Gasteiger partial charge in [-0.1, -0.05) is 0 Å². The molecule has 0 fully saturated rings. The van der Waals surface area contributed by atoms with Gasteiger partial charge in [-0.25, -0.2) is 0 Å². The summed E-state index contributed by atoms with van der Waals surface area (Å²) in [4.78, 5) is 11.5. The van der Waals surface area contributed by atoms with Crippen LogP contribution in [0.15, 0.2) is 16.7 Å². The van der Waals surface area contributed by atoms with E-state index >= 15 is 0 Å². The van der Waals surface area contributed by atoms with Gasteiger partial charge >= 0.3 is 0 Å². The van der Waals surface area contributed by atoms with E-state index in [0.29, 0.717) is 0 Å². The number of hydrogen-bond acceptors (Lipinski definition) is 1. The van der Waals surface area contributed by atoms with Crippen LogP contribution in [0, 0.1) is 0 Å². The second-order valence-electron chi connectivity index (χ2n) is 3.20. The van der Waals surface area contributed by atoms with E-state index in [4.69, 9.17) is 0 Å². The summed E-state index contributed by atoms with van der Waals surface area (Å²) in [6, 6.07) is 1.86. The van der Waals surface area contributed by atoms with Gasteiger partial charge in [0, 0.05) is 23.8 Å². The highest BCUT2D eigenvalue weighted by Gasteiger charge is 2.14. The second kappa shape index (κ2) is 3.54. The Morgan fingerprint density at radius 1 is 1.46 bits per heavy atom. The molecule has 0 unspecified atom stereocenters. The molecular weight excluding hydrogens is 232 g/mol. The fourth-order valence-corrected chi connectivity index (χ4v) is 2.01. The van der Waals surface area contributed by atoms with Crippen LogP contribution in [0.25, 0.3) is 0 Å². The third-order valence-electron chi connectivity index (χ3n) is 2.21. The Bertz CT molecular complexity index is 332. The molecule has 1 aliphatic heterocycles. The molecule has 0 saturated carbocycles. The molecule has 1 amide bonds. The molecule has 2 heterocycles. The minimum atomic E-state index is 0.0328. The third kappa shape index (κ3) is 1.77. The van der Waals surface area contributed by atoms with Crippen LogP contribution >= 0.6 is 15.9 Å². The summed E-state index contributed by atoms with van der Waals surface area (Å²) in [5.74, 6) is 0.0328. The lowest BCUT2D eigenvalue weighted by Gasteiger charge is -2.13. The van der Waals surface area contributed by atoms with E-state index in [0.717, 1.165) is 36.1 Å². The second-order valence-corrected chi connectivity index (χ2v) is 4.12. The largest absolute Gasteiger partial charge is 0.351 e. The minimum absolute atomic E-state index is 0.0328. The summed E-state index contributed by atoms with van der Waals surface area (Å²) < 4.78 is 2.97. The van der Waals surface area contributed by atoms with Crippen molar-refractivity contribution in [3.8, 4) is 0 Å². The van der Waals surface area contributed by atoms with E-state index in [9.17, 15) is 4.79 Å². The molecule has 1 aromatic heterocycles. The van der Waals surface area contributed by atoms with Crippen molar-refractivity contribution in [2.45, 2.75) is 19.4 Å². The Morgan fingerprint density at radius 3 is 3.15 bits per heavy atom. The first-order chi connectivity index (χ1) is 6.27. The van der Waals surface area contributed by atoms with Crippen LogP contribution in [0.1, 0.15) is 23.3 Å². The van der Waals surface area contributed by atoms with Crippen molar-refractivity contribution in [1.29, 1.82) is 0 Å². The van der Waals surface area contributed by atoms with Crippen LogP contribution in [0.4, 0.5) is 0 Å². The third-order valence-corrected chi connectivity index (χ3v) is 2.64. The van der Waals surface area contributed by atoms with Gasteiger partial charge in [0.05, 0.1) is 0 Å². The maximum atomic E-state index is 11.5. The molecule has 2 rings (SSSR count). The van der Waals surface area contributed by atoms with Gasteiger partial charge in [0.15, 0.2) is 0 Å². The van der Waals surface area contributed by atoms with Crippen LogP contribution in [0.3, 0.4) is 0 Å². The zero-order chi connectivity index (χ0) is 9.26.